The minimum absolute atomic E-state index is 0.0941. The Morgan fingerprint density at radius 2 is 2.23 bits per heavy atom. The molecule has 0 radical (unpaired) electrons. The molecule has 5 nitrogen and oxygen atoms in total. The van der Waals surface area contributed by atoms with E-state index in [-0.39, 0.29) is 18.0 Å². The van der Waals surface area contributed by atoms with Crippen LogP contribution in [0, 0.1) is 6.92 Å². The fourth-order valence-electron chi connectivity index (χ4n) is 2.03. The van der Waals surface area contributed by atoms with Gasteiger partial charge in [0.1, 0.15) is 11.4 Å². The van der Waals surface area contributed by atoms with Crippen LogP contribution in [0.25, 0.3) is 10.2 Å². The molecule has 3 aromatic rings. The van der Waals surface area contributed by atoms with Gasteiger partial charge in [-0.15, -0.1) is 11.3 Å². The van der Waals surface area contributed by atoms with Gasteiger partial charge in [0.25, 0.3) is 5.56 Å². The second kappa shape index (κ2) is 5.90. The number of aromatic nitrogens is 2. The number of aryl methyl sites for hydroxylation is 1. The van der Waals surface area contributed by atoms with E-state index in [1.54, 1.807) is 23.6 Å². The molecule has 112 valence electrons. The van der Waals surface area contributed by atoms with Gasteiger partial charge in [-0.3, -0.25) is 14.2 Å². The Morgan fingerprint density at radius 3 is 3.00 bits per heavy atom. The Kier molecular flexibility index (Phi) is 3.96. The lowest BCUT2D eigenvalue weighted by Crippen LogP contribution is -2.27. The fraction of sp³-hybridized carbons (Fsp3) is 0.133. The zero-order valence-electron chi connectivity index (χ0n) is 11.7. The van der Waals surface area contributed by atoms with Gasteiger partial charge in [-0.25, -0.2) is 4.98 Å². The summed E-state index contributed by atoms with van der Waals surface area (Å²) in [5.74, 6) is -0.307. The van der Waals surface area contributed by atoms with Crippen LogP contribution in [0.1, 0.15) is 5.56 Å². The normalized spacial score (nSPS) is 10.8. The lowest BCUT2D eigenvalue weighted by atomic mass is 10.2. The Morgan fingerprint density at radius 1 is 1.41 bits per heavy atom. The van der Waals surface area contributed by atoms with Gasteiger partial charge >= 0.3 is 0 Å². The van der Waals surface area contributed by atoms with Crippen LogP contribution >= 0.6 is 22.9 Å². The maximum absolute atomic E-state index is 12.2. The van der Waals surface area contributed by atoms with E-state index in [0.29, 0.717) is 20.9 Å². The van der Waals surface area contributed by atoms with E-state index in [1.165, 1.54) is 22.2 Å². The summed E-state index contributed by atoms with van der Waals surface area (Å²) in [6.45, 7) is 1.79. The van der Waals surface area contributed by atoms with Crippen LogP contribution in [0.2, 0.25) is 5.02 Å². The number of nitrogens with one attached hydrogen (secondary N) is 1. The highest BCUT2D eigenvalue weighted by Gasteiger charge is 2.09. The van der Waals surface area contributed by atoms with Crippen molar-refractivity contribution in [1.29, 1.82) is 0 Å². The van der Waals surface area contributed by atoms with Gasteiger partial charge in [0, 0.05) is 10.7 Å². The SMILES string of the molecule is Cc1ccc(NC(=O)Cn2cnc3sccc3c2=O)cc1Cl. The van der Waals surface area contributed by atoms with Crippen LogP contribution in [0.15, 0.2) is 40.8 Å². The number of carbonyl (C=O) groups is 1. The van der Waals surface area contributed by atoms with Crippen molar-refractivity contribution in [3.05, 3.63) is 56.9 Å². The molecule has 7 heteroatoms. The minimum atomic E-state index is -0.307. The molecule has 0 bridgehead atoms. The highest BCUT2D eigenvalue weighted by atomic mass is 35.5. The van der Waals surface area contributed by atoms with E-state index in [9.17, 15) is 9.59 Å². The summed E-state index contributed by atoms with van der Waals surface area (Å²) in [6, 6.07) is 6.98. The van der Waals surface area contributed by atoms with Gasteiger partial charge < -0.3 is 5.32 Å². The third-order valence-corrected chi connectivity index (χ3v) is 4.45. The summed E-state index contributed by atoms with van der Waals surface area (Å²) in [4.78, 5) is 29.1. The molecule has 0 atom stereocenters. The zero-order valence-corrected chi connectivity index (χ0v) is 13.2. The molecule has 2 heterocycles. The smallest absolute Gasteiger partial charge is 0.262 e. The van der Waals surface area contributed by atoms with Gasteiger partial charge in [0.05, 0.1) is 11.7 Å². The number of nitrogens with zero attached hydrogens (tertiary/aromatic N) is 2. The number of carbonyl (C=O) groups excluding carboxylic acids is 1. The molecule has 0 aliphatic heterocycles. The van der Waals surface area contributed by atoms with E-state index in [0.717, 1.165) is 5.56 Å². The molecule has 0 unspecified atom stereocenters. The van der Waals surface area contributed by atoms with Crippen molar-refractivity contribution in [1.82, 2.24) is 9.55 Å². The van der Waals surface area contributed by atoms with Crippen LogP contribution in [-0.4, -0.2) is 15.5 Å². The molecule has 22 heavy (non-hydrogen) atoms. The predicted octanol–water partition coefficient (Wildman–Crippen LogP) is 3.06. The van der Waals surface area contributed by atoms with Crippen molar-refractivity contribution >= 4 is 44.7 Å². The van der Waals surface area contributed by atoms with Crippen LogP contribution in [0.3, 0.4) is 0 Å². The van der Waals surface area contributed by atoms with Crippen LogP contribution in [-0.2, 0) is 11.3 Å². The number of fused-ring (bicyclic) bond motifs is 1. The summed E-state index contributed by atoms with van der Waals surface area (Å²) in [7, 11) is 0. The molecular weight excluding hydrogens is 322 g/mol. The predicted molar refractivity (Wildman–Crippen MR) is 88.7 cm³/mol. The molecule has 3 rings (SSSR count). The summed E-state index contributed by atoms with van der Waals surface area (Å²) in [5.41, 5.74) is 1.31. The molecule has 0 saturated heterocycles. The highest BCUT2D eigenvalue weighted by Crippen LogP contribution is 2.20. The first kappa shape index (κ1) is 14.7. The molecule has 0 aliphatic carbocycles. The quantitative estimate of drug-likeness (QED) is 0.801. The van der Waals surface area contributed by atoms with Gasteiger partial charge in [-0.1, -0.05) is 17.7 Å². The van der Waals surface area contributed by atoms with E-state index in [1.807, 2.05) is 13.0 Å². The number of anilines is 1. The molecule has 1 aromatic carbocycles. The lowest BCUT2D eigenvalue weighted by Gasteiger charge is -2.08. The largest absolute Gasteiger partial charge is 0.324 e. The van der Waals surface area contributed by atoms with Crippen molar-refractivity contribution in [2.45, 2.75) is 13.5 Å². The summed E-state index contributed by atoms with van der Waals surface area (Å²) < 4.78 is 1.29. The van der Waals surface area contributed by atoms with E-state index < -0.39 is 0 Å². The first-order chi connectivity index (χ1) is 10.5. The number of benzene rings is 1. The van der Waals surface area contributed by atoms with Crippen molar-refractivity contribution in [3.63, 3.8) is 0 Å². The second-order valence-corrected chi connectivity index (χ2v) is 6.13. The van der Waals surface area contributed by atoms with Crippen LogP contribution in [0.5, 0.6) is 0 Å². The Hall–Kier alpha value is -2.18. The maximum Gasteiger partial charge on any atom is 0.262 e. The topological polar surface area (TPSA) is 64.0 Å². The summed E-state index contributed by atoms with van der Waals surface area (Å²) in [5, 5.41) is 5.63. The van der Waals surface area contributed by atoms with E-state index >= 15 is 0 Å². The lowest BCUT2D eigenvalue weighted by molar-refractivity contribution is -0.116. The number of amides is 1. The number of rotatable bonds is 3. The molecule has 0 saturated carbocycles. The highest BCUT2D eigenvalue weighted by molar-refractivity contribution is 7.16. The van der Waals surface area contributed by atoms with Crippen LogP contribution < -0.4 is 10.9 Å². The summed E-state index contributed by atoms with van der Waals surface area (Å²) >= 11 is 7.42. The monoisotopic (exact) mass is 333 g/mol. The molecule has 0 aliphatic rings. The van der Waals surface area contributed by atoms with Gasteiger partial charge in [-0.05, 0) is 36.1 Å². The van der Waals surface area contributed by atoms with Gasteiger partial charge in [-0.2, -0.15) is 0 Å². The number of halogens is 1. The Bertz CT molecular complexity index is 917. The molecule has 2 aromatic heterocycles. The van der Waals surface area contributed by atoms with Gasteiger partial charge in [0.2, 0.25) is 5.91 Å². The standard InChI is InChI=1S/C15H12ClN3O2S/c1-9-2-3-10(6-12(9)16)18-13(20)7-19-8-17-14-11(15(19)21)4-5-22-14/h2-6,8H,7H2,1H3,(H,18,20). The van der Waals surface area contributed by atoms with Crippen molar-refractivity contribution in [3.8, 4) is 0 Å². The molecule has 0 spiro atoms. The second-order valence-electron chi connectivity index (χ2n) is 4.83. The molecule has 1 N–H and O–H groups in total. The van der Waals surface area contributed by atoms with Crippen molar-refractivity contribution in [2.24, 2.45) is 0 Å². The molecular formula is C15H12ClN3O2S. The Labute approximate surface area is 135 Å². The number of hydrogen-bond acceptors (Lipinski definition) is 4. The first-order valence-electron chi connectivity index (χ1n) is 6.53. The molecule has 0 fully saturated rings. The number of thiophene rings is 1. The minimum Gasteiger partial charge on any atom is -0.324 e. The Balaban J connectivity index is 1.79. The van der Waals surface area contributed by atoms with Crippen molar-refractivity contribution < 1.29 is 4.79 Å². The third-order valence-electron chi connectivity index (χ3n) is 3.22. The average molecular weight is 334 g/mol. The fourth-order valence-corrected chi connectivity index (χ4v) is 2.94. The van der Waals surface area contributed by atoms with Gasteiger partial charge in [0.15, 0.2) is 0 Å². The maximum atomic E-state index is 12.2. The van der Waals surface area contributed by atoms with E-state index in [4.69, 9.17) is 11.6 Å². The first-order valence-corrected chi connectivity index (χ1v) is 7.79. The molecule has 1 amide bonds. The zero-order chi connectivity index (χ0) is 15.7. The van der Waals surface area contributed by atoms with Crippen LogP contribution in [0.4, 0.5) is 5.69 Å². The summed E-state index contributed by atoms with van der Waals surface area (Å²) in [6.07, 6.45) is 1.39. The van der Waals surface area contributed by atoms with Crippen molar-refractivity contribution in [2.75, 3.05) is 5.32 Å². The average Bonchev–Trinajstić information content (AvgIpc) is 2.95. The third kappa shape index (κ3) is 2.88. The van der Waals surface area contributed by atoms with E-state index in [2.05, 4.69) is 10.3 Å². The number of hydrogen-bond donors (Lipinski definition) is 1.